The lowest BCUT2D eigenvalue weighted by molar-refractivity contribution is -0.129. The van der Waals surface area contributed by atoms with Crippen LogP contribution in [-0.4, -0.2) is 34.4 Å². The van der Waals surface area contributed by atoms with Gasteiger partial charge in [0.2, 0.25) is 5.91 Å². The topological polar surface area (TPSA) is 46.6 Å². The fraction of sp³-hybridized carbons (Fsp3) is 0.316. The molecular formula is C19H23NO3S. The molecular weight excluding hydrogens is 322 g/mol. The minimum atomic E-state index is -1.28. The molecule has 0 N–H and O–H groups in total. The van der Waals surface area contributed by atoms with Crippen LogP contribution in [0, 0.1) is 0 Å². The molecule has 0 aromatic heterocycles. The van der Waals surface area contributed by atoms with Crippen LogP contribution in [0.2, 0.25) is 0 Å². The Balaban J connectivity index is 1.97. The van der Waals surface area contributed by atoms with E-state index in [2.05, 4.69) is 0 Å². The summed E-state index contributed by atoms with van der Waals surface area (Å²) in [5, 5.41) is -0.551. The third kappa shape index (κ3) is 4.93. The van der Waals surface area contributed by atoms with Gasteiger partial charge in [-0.15, -0.1) is 0 Å². The summed E-state index contributed by atoms with van der Waals surface area (Å²) in [6, 6.07) is 17.2. The van der Waals surface area contributed by atoms with E-state index in [0.29, 0.717) is 12.3 Å². The normalized spacial score (nSPS) is 13.1. The van der Waals surface area contributed by atoms with Gasteiger partial charge in [-0.1, -0.05) is 42.5 Å². The van der Waals surface area contributed by atoms with E-state index in [1.807, 2.05) is 54.6 Å². The molecule has 0 heterocycles. The Morgan fingerprint density at radius 3 is 2.46 bits per heavy atom. The molecule has 5 heteroatoms. The molecule has 2 aromatic rings. The molecule has 2 aromatic carbocycles. The predicted octanol–water partition coefficient (Wildman–Crippen LogP) is 2.99. The summed E-state index contributed by atoms with van der Waals surface area (Å²) in [6.07, 6.45) is 0. The molecule has 1 amide bonds. The number of amides is 1. The van der Waals surface area contributed by atoms with Gasteiger partial charge < -0.3 is 9.64 Å². The van der Waals surface area contributed by atoms with E-state index in [-0.39, 0.29) is 5.91 Å². The van der Waals surface area contributed by atoms with E-state index in [4.69, 9.17) is 4.74 Å². The van der Waals surface area contributed by atoms with Crippen molar-refractivity contribution in [1.29, 1.82) is 0 Å². The molecule has 0 spiro atoms. The van der Waals surface area contributed by atoms with E-state index >= 15 is 0 Å². The quantitative estimate of drug-likeness (QED) is 0.775. The van der Waals surface area contributed by atoms with E-state index in [1.165, 1.54) is 0 Å². The van der Waals surface area contributed by atoms with E-state index in [9.17, 15) is 9.00 Å². The highest BCUT2D eigenvalue weighted by Crippen LogP contribution is 2.16. The molecule has 0 aliphatic heterocycles. The van der Waals surface area contributed by atoms with Gasteiger partial charge in [0.15, 0.2) is 0 Å². The molecule has 0 aliphatic rings. The number of benzene rings is 2. The van der Waals surface area contributed by atoms with Crippen LogP contribution in [0.3, 0.4) is 0 Å². The summed E-state index contributed by atoms with van der Waals surface area (Å²) in [6.45, 7) is 2.24. The van der Waals surface area contributed by atoms with Crippen molar-refractivity contribution in [2.45, 2.75) is 24.5 Å². The van der Waals surface area contributed by atoms with Crippen LogP contribution in [0.5, 0.6) is 5.75 Å². The highest BCUT2D eigenvalue weighted by molar-refractivity contribution is 7.85. The average Bonchev–Trinajstić information content (AvgIpc) is 2.61. The molecule has 24 heavy (non-hydrogen) atoms. The second-order valence-corrected chi connectivity index (χ2v) is 7.46. The molecule has 4 nitrogen and oxygen atoms in total. The maximum absolute atomic E-state index is 12.5. The first-order valence-electron chi connectivity index (χ1n) is 7.80. The zero-order valence-electron chi connectivity index (χ0n) is 14.3. The van der Waals surface area contributed by atoms with E-state index < -0.39 is 16.0 Å². The van der Waals surface area contributed by atoms with Crippen LogP contribution in [0.25, 0.3) is 0 Å². The zero-order valence-corrected chi connectivity index (χ0v) is 15.1. The van der Waals surface area contributed by atoms with Gasteiger partial charge in [-0.3, -0.25) is 9.00 Å². The summed E-state index contributed by atoms with van der Waals surface area (Å²) in [7, 11) is 2.06. The molecule has 0 unspecified atom stereocenters. The van der Waals surface area contributed by atoms with Crippen LogP contribution < -0.4 is 4.74 Å². The van der Waals surface area contributed by atoms with Crippen LogP contribution in [0.4, 0.5) is 0 Å². The highest BCUT2D eigenvalue weighted by Gasteiger charge is 2.23. The molecule has 0 radical (unpaired) electrons. The molecule has 0 aliphatic carbocycles. The van der Waals surface area contributed by atoms with Gasteiger partial charge in [0.05, 0.1) is 7.11 Å². The molecule has 0 saturated carbocycles. The SMILES string of the molecule is COc1cccc(C[S@@](=O)[C@H](C)C(=O)N(C)Cc2ccccc2)c1. The maximum atomic E-state index is 12.5. The van der Waals surface area contributed by atoms with Crippen molar-refractivity contribution in [3.8, 4) is 5.75 Å². The highest BCUT2D eigenvalue weighted by atomic mass is 32.2. The molecule has 128 valence electrons. The lowest BCUT2D eigenvalue weighted by Crippen LogP contribution is -2.37. The van der Waals surface area contributed by atoms with Crippen molar-refractivity contribution < 1.29 is 13.7 Å². The van der Waals surface area contributed by atoms with Crippen LogP contribution in [0.1, 0.15) is 18.1 Å². The summed E-state index contributed by atoms with van der Waals surface area (Å²) in [5.74, 6) is 0.952. The molecule has 0 fully saturated rings. The first kappa shape index (κ1) is 18.2. The fourth-order valence-electron chi connectivity index (χ4n) is 2.41. The summed E-state index contributed by atoms with van der Waals surface area (Å²) < 4.78 is 17.7. The predicted molar refractivity (Wildman–Crippen MR) is 97.2 cm³/mol. The number of rotatable bonds is 7. The molecule has 0 bridgehead atoms. The van der Waals surface area contributed by atoms with Gasteiger partial charge in [-0.05, 0) is 30.2 Å². The maximum Gasteiger partial charge on any atom is 0.238 e. The number of nitrogens with zero attached hydrogens (tertiary/aromatic N) is 1. The van der Waals surface area contributed by atoms with Crippen molar-refractivity contribution in [2.75, 3.05) is 14.2 Å². The molecule has 0 saturated heterocycles. The lowest BCUT2D eigenvalue weighted by Gasteiger charge is -2.21. The van der Waals surface area contributed by atoms with Crippen molar-refractivity contribution in [3.05, 3.63) is 65.7 Å². The van der Waals surface area contributed by atoms with Gasteiger partial charge in [-0.2, -0.15) is 0 Å². The number of hydrogen-bond acceptors (Lipinski definition) is 3. The first-order chi connectivity index (χ1) is 11.5. The summed E-state index contributed by atoms with van der Waals surface area (Å²) in [5.41, 5.74) is 1.96. The standard InChI is InChI=1S/C19H23NO3S/c1-15(19(21)20(2)13-16-8-5-4-6-9-16)24(22)14-17-10-7-11-18(12-17)23-3/h4-12,15H,13-14H2,1-3H3/t15-,24-/m1/s1. The number of ether oxygens (including phenoxy) is 1. The molecule has 2 rings (SSSR count). The van der Waals surface area contributed by atoms with Crippen LogP contribution in [-0.2, 0) is 27.9 Å². The summed E-state index contributed by atoms with van der Waals surface area (Å²) in [4.78, 5) is 14.1. The Bertz CT molecular complexity index is 703. The van der Waals surface area contributed by atoms with Gasteiger partial charge >= 0.3 is 0 Å². The van der Waals surface area contributed by atoms with Crippen molar-refractivity contribution >= 4 is 16.7 Å². The summed E-state index contributed by atoms with van der Waals surface area (Å²) >= 11 is 0. The van der Waals surface area contributed by atoms with Gasteiger partial charge in [0.1, 0.15) is 11.0 Å². The Kier molecular flexibility index (Phi) is 6.55. The average molecular weight is 345 g/mol. The second kappa shape index (κ2) is 8.64. The van der Waals surface area contributed by atoms with Gasteiger partial charge in [0, 0.05) is 30.1 Å². The van der Waals surface area contributed by atoms with Gasteiger partial charge in [-0.25, -0.2) is 0 Å². The van der Waals surface area contributed by atoms with E-state index in [0.717, 1.165) is 16.9 Å². The number of carbonyl (C=O) groups is 1. The van der Waals surface area contributed by atoms with Crippen LogP contribution in [0.15, 0.2) is 54.6 Å². The zero-order chi connectivity index (χ0) is 17.5. The number of methoxy groups -OCH3 is 1. The number of hydrogen-bond donors (Lipinski definition) is 0. The Labute approximate surface area is 145 Å². The minimum Gasteiger partial charge on any atom is -0.497 e. The smallest absolute Gasteiger partial charge is 0.238 e. The Morgan fingerprint density at radius 1 is 1.12 bits per heavy atom. The van der Waals surface area contributed by atoms with Crippen molar-refractivity contribution in [2.24, 2.45) is 0 Å². The van der Waals surface area contributed by atoms with Crippen molar-refractivity contribution in [3.63, 3.8) is 0 Å². The third-order valence-corrected chi connectivity index (χ3v) is 5.43. The van der Waals surface area contributed by atoms with Crippen molar-refractivity contribution in [1.82, 2.24) is 4.90 Å². The minimum absolute atomic E-state index is 0.111. The first-order valence-corrected chi connectivity index (χ1v) is 9.18. The largest absolute Gasteiger partial charge is 0.497 e. The Morgan fingerprint density at radius 2 is 1.79 bits per heavy atom. The number of carbonyl (C=O) groups excluding carboxylic acids is 1. The lowest BCUT2D eigenvalue weighted by atomic mass is 10.2. The Hall–Kier alpha value is -2.14. The second-order valence-electron chi connectivity index (χ2n) is 5.70. The third-order valence-electron chi connectivity index (χ3n) is 3.82. The monoisotopic (exact) mass is 345 g/mol. The fourth-order valence-corrected chi connectivity index (χ4v) is 3.57. The van der Waals surface area contributed by atoms with Gasteiger partial charge in [0.25, 0.3) is 0 Å². The molecule has 2 atom stereocenters. The van der Waals surface area contributed by atoms with Crippen LogP contribution >= 0.6 is 0 Å². The van der Waals surface area contributed by atoms with E-state index in [1.54, 1.807) is 26.0 Å².